The number of carbonyl (C=O) groups excluding carboxylic acids is 2. The van der Waals surface area contributed by atoms with E-state index in [2.05, 4.69) is 10.4 Å². The van der Waals surface area contributed by atoms with Gasteiger partial charge in [-0.3, -0.25) is 9.59 Å². The third kappa shape index (κ3) is 4.00. The maximum absolute atomic E-state index is 12.7. The number of nitrogens with zero attached hydrogens (tertiary/aromatic N) is 2. The standard InChI is InChI=1S/C19H22N4O3/c1-13-5-7-14(8-6-13)15-10-16(17-4-3-9-26-17)23(22-15)19(25)12-21-11-18(24)20-2/h3-9,16,21H,10-12H2,1-2H3,(H,20,24)/p+1/t16-/m0/s1. The number of furan rings is 1. The van der Waals surface area contributed by atoms with Gasteiger partial charge in [-0.25, -0.2) is 5.01 Å². The number of amides is 2. The molecule has 1 aliphatic heterocycles. The third-order valence-corrected chi connectivity index (χ3v) is 4.35. The van der Waals surface area contributed by atoms with E-state index < -0.39 is 0 Å². The Morgan fingerprint density at radius 1 is 1.27 bits per heavy atom. The molecule has 0 radical (unpaired) electrons. The lowest BCUT2D eigenvalue weighted by Gasteiger charge is -2.18. The highest BCUT2D eigenvalue weighted by Crippen LogP contribution is 2.32. The van der Waals surface area contributed by atoms with E-state index in [1.165, 1.54) is 10.6 Å². The Kier molecular flexibility index (Phi) is 5.48. The summed E-state index contributed by atoms with van der Waals surface area (Å²) in [6.07, 6.45) is 2.19. The summed E-state index contributed by atoms with van der Waals surface area (Å²) < 4.78 is 5.52. The van der Waals surface area contributed by atoms with Crippen LogP contribution in [0.25, 0.3) is 0 Å². The Labute approximate surface area is 152 Å². The van der Waals surface area contributed by atoms with Crippen molar-refractivity contribution in [1.82, 2.24) is 10.3 Å². The first kappa shape index (κ1) is 17.9. The number of likely N-dealkylation sites (N-methyl/N-ethyl adjacent to an activating group) is 1. The molecule has 0 saturated heterocycles. The Morgan fingerprint density at radius 3 is 2.69 bits per heavy atom. The van der Waals surface area contributed by atoms with Crippen LogP contribution in [0.4, 0.5) is 0 Å². The fourth-order valence-corrected chi connectivity index (χ4v) is 2.89. The number of benzene rings is 1. The number of quaternary nitrogens is 1. The van der Waals surface area contributed by atoms with E-state index in [9.17, 15) is 9.59 Å². The van der Waals surface area contributed by atoms with Crippen molar-refractivity contribution in [3.05, 3.63) is 59.5 Å². The molecule has 1 aromatic heterocycles. The molecule has 7 heteroatoms. The summed E-state index contributed by atoms with van der Waals surface area (Å²) in [5.74, 6) is 0.429. The quantitative estimate of drug-likeness (QED) is 0.794. The molecule has 1 aromatic carbocycles. The first-order chi connectivity index (χ1) is 12.6. The highest BCUT2D eigenvalue weighted by atomic mass is 16.3. The molecule has 136 valence electrons. The van der Waals surface area contributed by atoms with Crippen LogP contribution in [0.15, 0.2) is 52.2 Å². The Bertz CT molecular complexity index is 797. The van der Waals surface area contributed by atoms with E-state index >= 15 is 0 Å². The lowest BCUT2D eigenvalue weighted by atomic mass is 10.0. The molecular weight excluding hydrogens is 332 g/mol. The molecule has 0 unspecified atom stereocenters. The van der Waals surface area contributed by atoms with Crippen LogP contribution in [0, 0.1) is 6.92 Å². The predicted octanol–water partition coefficient (Wildman–Crippen LogP) is 0.575. The number of nitrogens with one attached hydrogen (secondary N) is 1. The zero-order valence-corrected chi connectivity index (χ0v) is 14.9. The van der Waals surface area contributed by atoms with Gasteiger partial charge in [0.15, 0.2) is 13.1 Å². The fraction of sp³-hybridized carbons (Fsp3) is 0.316. The Morgan fingerprint density at radius 2 is 2.04 bits per heavy atom. The maximum Gasteiger partial charge on any atom is 0.298 e. The van der Waals surface area contributed by atoms with Crippen molar-refractivity contribution in [3.8, 4) is 0 Å². The lowest BCUT2D eigenvalue weighted by molar-refractivity contribution is -0.633. The summed E-state index contributed by atoms with van der Waals surface area (Å²) in [4.78, 5) is 24.0. The molecule has 2 amide bonds. The molecular formula is C19H23N4O3+. The van der Waals surface area contributed by atoms with Crippen molar-refractivity contribution in [2.75, 3.05) is 20.1 Å². The first-order valence-electron chi connectivity index (χ1n) is 8.60. The molecule has 7 nitrogen and oxygen atoms in total. The number of hydrogen-bond donors (Lipinski definition) is 2. The minimum absolute atomic E-state index is 0.120. The zero-order chi connectivity index (χ0) is 18.5. The summed E-state index contributed by atoms with van der Waals surface area (Å²) in [5, 5.41) is 10.2. The van der Waals surface area contributed by atoms with Gasteiger partial charge in [-0.05, 0) is 24.6 Å². The topological polar surface area (TPSA) is 91.5 Å². The molecule has 0 aliphatic carbocycles. The van der Waals surface area contributed by atoms with Crippen molar-refractivity contribution < 1.29 is 19.3 Å². The van der Waals surface area contributed by atoms with Crippen molar-refractivity contribution in [1.29, 1.82) is 0 Å². The molecule has 26 heavy (non-hydrogen) atoms. The van der Waals surface area contributed by atoms with Crippen LogP contribution in [-0.2, 0) is 9.59 Å². The number of aryl methyl sites for hydroxylation is 1. The van der Waals surface area contributed by atoms with Gasteiger partial charge in [-0.2, -0.15) is 5.10 Å². The third-order valence-electron chi connectivity index (χ3n) is 4.35. The van der Waals surface area contributed by atoms with Gasteiger partial charge in [0, 0.05) is 13.5 Å². The summed E-state index contributed by atoms with van der Waals surface area (Å²) in [6, 6.07) is 11.5. The van der Waals surface area contributed by atoms with Crippen LogP contribution >= 0.6 is 0 Å². The van der Waals surface area contributed by atoms with E-state index in [1.54, 1.807) is 24.7 Å². The second-order valence-corrected chi connectivity index (χ2v) is 6.26. The zero-order valence-electron chi connectivity index (χ0n) is 14.9. The second kappa shape index (κ2) is 7.97. The molecule has 3 N–H and O–H groups in total. The van der Waals surface area contributed by atoms with E-state index in [0.717, 1.165) is 11.3 Å². The number of nitrogens with two attached hydrogens (primary N) is 1. The van der Waals surface area contributed by atoms with Gasteiger partial charge in [0.05, 0.1) is 12.0 Å². The molecule has 2 aromatic rings. The number of carbonyl (C=O) groups is 2. The van der Waals surface area contributed by atoms with Gasteiger partial charge in [-0.1, -0.05) is 29.8 Å². The van der Waals surface area contributed by atoms with Crippen LogP contribution in [-0.4, -0.2) is 42.7 Å². The minimum Gasteiger partial charge on any atom is -0.467 e. The van der Waals surface area contributed by atoms with Crippen LogP contribution in [0.5, 0.6) is 0 Å². The van der Waals surface area contributed by atoms with E-state index in [0.29, 0.717) is 12.2 Å². The first-order valence-corrected chi connectivity index (χ1v) is 8.60. The van der Waals surface area contributed by atoms with Gasteiger partial charge in [-0.15, -0.1) is 0 Å². The average molecular weight is 355 g/mol. The fourth-order valence-electron chi connectivity index (χ4n) is 2.89. The number of hydrazone groups is 1. The molecule has 3 rings (SSSR count). The van der Waals surface area contributed by atoms with E-state index in [-0.39, 0.29) is 30.9 Å². The molecule has 2 heterocycles. The molecule has 1 atom stereocenters. The van der Waals surface area contributed by atoms with Crippen molar-refractivity contribution >= 4 is 17.5 Å². The Hall–Kier alpha value is -2.93. The molecule has 1 aliphatic rings. The van der Waals surface area contributed by atoms with E-state index in [4.69, 9.17) is 4.42 Å². The van der Waals surface area contributed by atoms with Crippen LogP contribution in [0.3, 0.4) is 0 Å². The Balaban J connectivity index is 1.77. The van der Waals surface area contributed by atoms with Gasteiger partial charge in [0.1, 0.15) is 11.8 Å². The largest absolute Gasteiger partial charge is 0.467 e. The highest BCUT2D eigenvalue weighted by Gasteiger charge is 2.35. The highest BCUT2D eigenvalue weighted by molar-refractivity contribution is 6.03. The smallest absolute Gasteiger partial charge is 0.298 e. The number of hydrogen-bond acceptors (Lipinski definition) is 4. The van der Waals surface area contributed by atoms with Gasteiger partial charge >= 0.3 is 0 Å². The van der Waals surface area contributed by atoms with E-state index in [1.807, 2.05) is 37.3 Å². The molecule has 0 saturated carbocycles. The van der Waals surface area contributed by atoms with Gasteiger partial charge in [0.2, 0.25) is 0 Å². The molecule has 0 bridgehead atoms. The van der Waals surface area contributed by atoms with Crippen molar-refractivity contribution in [2.45, 2.75) is 19.4 Å². The summed E-state index contributed by atoms with van der Waals surface area (Å²) in [7, 11) is 1.57. The SMILES string of the molecule is CNC(=O)C[NH2+]CC(=O)N1N=C(c2ccc(C)cc2)C[C@H]1c1ccco1. The normalized spacial score (nSPS) is 16.5. The van der Waals surface area contributed by atoms with Crippen LogP contribution < -0.4 is 10.6 Å². The monoisotopic (exact) mass is 355 g/mol. The predicted molar refractivity (Wildman–Crippen MR) is 96.4 cm³/mol. The summed E-state index contributed by atoms with van der Waals surface area (Å²) >= 11 is 0. The van der Waals surface area contributed by atoms with Gasteiger partial charge in [0.25, 0.3) is 11.8 Å². The second-order valence-electron chi connectivity index (χ2n) is 6.26. The minimum atomic E-state index is -0.262. The molecule has 0 spiro atoms. The van der Waals surface area contributed by atoms with Crippen molar-refractivity contribution in [3.63, 3.8) is 0 Å². The summed E-state index contributed by atoms with van der Waals surface area (Å²) in [5.41, 5.74) is 3.02. The average Bonchev–Trinajstić information content (AvgIpc) is 3.31. The summed E-state index contributed by atoms with van der Waals surface area (Å²) in [6.45, 7) is 2.38. The van der Waals surface area contributed by atoms with Crippen LogP contribution in [0.2, 0.25) is 0 Å². The number of rotatable bonds is 6. The maximum atomic E-state index is 12.7. The van der Waals surface area contributed by atoms with Gasteiger partial charge < -0.3 is 15.1 Å². The lowest BCUT2D eigenvalue weighted by Crippen LogP contribution is -2.88. The molecule has 0 fully saturated rings. The van der Waals surface area contributed by atoms with Crippen LogP contribution in [0.1, 0.15) is 29.3 Å². The van der Waals surface area contributed by atoms with Crippen molar-refractivity contribution in [2.24, 2.45) is 5.10 Å².